The minimum absolute atomic E-state index is 0.0726. The summed E-state index contributed by atoms with van der Waals surface area (Å²) in [6, 6.07) is 3.26. The molecule has 0 spiro atoms. The Hall–Kier alpha value is -1.91. The lowest BCUT2D eigenvalue weighted by Crippen LogP contribution is -2.47. The molecule has 1 aromatic heterocycles. The molecular weight excluding hydrogens is 292 g/mol. The summed E-state index contributed by atoms with van der Waals surface area (Å²) in [6.07, 6.45) is 1.85. The van der Waals surface area contributed by atoms with E-state index >= 15 is 0 Å². The van der Waals surface area contributed by atoms with Crippen molar-refractivity contribution < 1.29 is 18.3 Å². The second-order valence-corrected chi connectivity index (χ2v) is 7.40. The lowest BCUT2D eigenvalue weighted by molar-refractivity contribution is 0.0910. The number of amides is 1. The van der Waals surface area contributed by atoms with Gasteiger partial charge in [-0.05, 0) is 25.5 Å². The SMILES string of the molecule is CC1(NC(=O)c2ncccc2C#CCO)CCS(=O)(=O)C1. The van der Waals surface area contributed by atoms with Crippen molar-refractivity contribution in [3.8, 4) is 11.8 Å². The Labute approximate surface area is 123 Å². The van der Waals surface area contributed by atoms with Crippen LogP contribution in [0.3, 0.4) is 0 Å². The number of carbonyl (C=O) groups is 1. The summed E-state index contributed by atoms with van der Waals surface area (Å²) in [6.45, 7) is 1.39. The summed E-state index contributed by atoms with van der Waals surface area (Å²) in [5, 5.41) is 11.5. The molecule has 0 aromatic carbocycles. The monoisotopic (exact) mass is 308 g/mol. The topological polar surface area (TPSA) is 96.4 Å². The van der Waals surface area contributed by atoms with Gasteiger partial charge in [-0.2, -0.15) is 0 Å². The smallest absolute Gasteiger partial charge is 0.271 e. The molecule has 1 fully saturated rings. The third kappa shape index (κ3) is 3.80. The zero-order valence-electron chi connectivity index (χ0n) is 11.6. The summed E-state index contributed by atoms with van der Waals surface area (Å²) in [7, 11) is -3.10. The van der Waals surface area contributed by atoms with E-state index in [4.69, 9.17) is 5.11 Å². The van der Waals surface area contributed by atoms with E-state index in [1.807, 2.05) is 0 Å². The van der Waals surface area contributed by atoms with Gasteiger partial charge in [0, 0.05) is 6.20 Å². The van der Waals surface area contributed by atoms with E-state index in [0.717, 1.165) is 0 Å². The highest BCUT2D eigenvalue weighted by Crippen LogP contribution is 2.23. The predicted molar refractivity (Wildman–Crippen MR) is 77.3 cm³/mol. The minimum Gasteiger partial charge on any atom is -0.384 e. The number of hydrogen-bond acceptors (Lipinski definition) is 5. The molecule has 1 atom stereocenters. The maximum Gasteiger partial charge on any atom is 0.271 e. The first-order valence-corrected chi connectivity index (χ1v) is 8.25. The van der Waals surface area contributed by atoms with Gasteiger partial charge in [-0.25, -0.2) is 13.4 Å². The normalized spacial score (nSPS) is 23.1. The molecule has 0 saturated carbocycles. The Morgan fingerprint density at radius 3 is 2.95 bits per heavy atom. The van der Waals surface area contributed by atoms with Crippen molar-refractivity contribution in [1.82, 2.24) is 10.3 Å². The molecule has 1 unspecified atom stereocenters. The first-order valence-electron chi connectivity index (χ1n) is 6.43. The van der Waals surface area contributed by atoms with Gasteiger partial charge in [0.25, 0.3) is 5.91 Å². The van der Waals surface area contributed by atoms with Crippen LogP contribution >= 0.6 is 0 Å². The van der Waals surface area contributed by atoms with E-state index in [2.05, 4.69) is 22.1 Å². The molecule has 2 N–H and O–H groups in total. The van der Waals surface area contributed by atoms with Gasteiger partial charge in [0.2, 0.25) is 0 Å². The average Bonchev–Trinajstić information content (AvgIpc) is 2.70. The zero-order chi connectivity index (χ0) is 15.5. The van der Waals surface area contributed by atoms with E-state index in [-0.39, 0.29) is 23.8 Å². The van der Waals surface area contributed by atoms with Crippen LogP contribution in [0.2, 0.25) is 0 Å². The van der Waals surface area contributed by atoms with Gasteiger partial charge in [0.15, 0.2) is 9.84 Å². The van der Waals surface area contributed by atoms with E-state index in [1.54, 1.807) is 19.1 Å². The number of aliphatic hydroxyl groups is 1. The molecule has 1 amide bonds. The first kappa shape index (κ1) is 15.5. The Bertz CT molecular complexity index is 718. The molecule has 1 aliphatic heterocycles. The Morgan fingerprint density at radius 2 is 2.33 bits per heavy atom. The first-order chi connectivity index (χ1) is 9.85. The Kier molecular flexibility index (Phi) is 4.30. The van der Waals surface area contributed by atoms with Crippen LogP contribution in [0.5, 0.6) is 0 Å². The van der Waals surface area contributed by atoms with E-state index in [9.17, 15) is 13.2 Å². The van der Waals surface area contributed by atoms with E-state index in [1.165, 1.54) is 6.20 Å². The lowest BCUT2D eigenvalue weighted by atomic mass is 10.0. The van der Waals surface area contributed by atoms with Crippen molar-refractivity contribution >= 4 is 15.7 Å². The van der Waals surface area contributed by atoms with Crippen LogP contribution in [0.25, 0.3) is 0 Å². The molecule has 7 heteroatoms. The number of nitrogens with zero attached hydrogens (tertiary/aromatic N) is 1. The largest absolute Gasteiger partial charge is 0.384 e. The van der Waals surface area contributed by atoms with Gasteiger partial charge >= 0.3 is 0 Å². The van der Waals surface area contributed by atoms with Gasteiger partial charge in [-0.3, -0.25) is 4.79 Å². The molecule has 6 nitrogen and oxygen atoms in total. The molecule has 2 rings (SSSR count). The number of rotatable bonds is 2. The second-order valence-electron chi connectivity index (χ2n) is 5.22. The van der Waals surface area contributed by atoms with Crippen molar-refractivity contribution in [1.29, 1.82) is 0 Å². The van der Waals surface area contributed by atoms with Gasteiger partial charge < -0.3 is 10.4 Å². The summed E-state index contributed by atoms with van der Waals surface area (Å²) >= 11 is 0. The maximum absolute atomic E-state index is 12.3. The van der Waals surface area contributed by atoms with Crippen LogP contribution < -0.4 is 5.32 Å². The molecule has 0 aliphatic carbocycles. The summed E-state index contributed by atoms with van der Waals surface area (Å²) < 4.78 is 23.1. The van der Waals surface area contributed by atoms with Gasteiger partial charge in [-0.15, -0.1) is 0 Å². The third-order valence-corrected chi connectivity index (χ3v) is 5.15. The van der Waals surface area contributed by atoms with Gasteiger partial charge in [0.1, 0.15) is 12.3 Å². The van der Waals surface area contributed by atoms with Gasteiger partial charge in [-0.1, -0.05) is 11.8 Å². The van der Waals surface area contributed by atoms with Crippen molar-refractivity contribution in [2.75, 3.05) is 18.1 Å². The van der Waals surface area contributed by atoms with Crippen LogP contribution in [0.4, 0.5) is 0 Å². The fraction of sp³-hybridized carbons (Fsp3) is 0.429. The highest BCUT2D eigenvalue weighted by atomic mass is 32.2. The molecule has 21 heavy (non-hydrogen) atoms. The Morgan fingerprint density at radius 1 is 1.57 bits per heavy atom. The molecule has 0 bridgehead atoms. The molecule has 2 heterocycles. The highest BCUT2D eigenvalue weighted by molar-refractivity contribution is 7.91. The lowest BCUT2D eigenvalue weighted by Gasteiger charge is -2.23. The number of aromatic nitrogens is 1. The standard InChI is InChI=1S/C14H16N2O4S/c1-14(6-9-21(19,20)10-14)16-13(18)12-11(5-3-8-17)4-2-7-15-12/h2,4,7,17H,6,8-10H2,1H3,(H,16,18). The molecule has 1 saturated heterocycles. The van der Waals surface area contributed by atoms with E-state index < -0.39 is 21.3 Å². The summed E-state index contributed by atoms with van der Waals surface area (Å²) in [4.78, 5) is 16.3. The third-order valence-electron chi connectivity index (χ3n) is 3.24. The number of aliphatic hydroxyl groups excluding tert-OH is 1. The number of sulfone groups is 1. The highest BCUT2D eigenvalue weighted by Gasteiger charge is 2.39. The predicted octanol–water partition coefficient (Wildman–Crippen LogP) is -0.268. The number of nitrogens with one attached hydrogen (secondary N) is 1. The van der Waals surface area contributed by atoms with Crippen molar-refractivity contribution in [3.63, 3.8) is 0 Å². The van der Waals surface area contributed by atoms with Crippen molar-refractivity contribution in [2.24, 2.45) is 0 Å². The van der Waals surface area contributed by atoms with Gasteiger partial charge in [0.05, 0.1) is 22.6 Å². The molecule has 1 aliphatic rings. The number of pyridine rings is 1. The van der Waals surface area contributed by atoms with Crippen LogP contribution in [-0.4, -0.2) is 48.1 Å². The average molecular weight is 308 g/mol. The van der Waals surface area contributed by atoms with Crippen molar-refractivity contribution in [2.45, 2.75) is 18.9 Å². The summed E-state index contributed by atoms with van der Waals surface area (Å²) in [5.41, 5.74) is -0.257. The maximum atomic E-state index is 12.3. The number of carbonyl (C=O) groups excluding carboxylic acids is 1. The van der Waals surface area contributed by atoms with Crippen LogP contribution in [0.15, 0.2) is 18.3 Å². The minimum atomic E-state index is -3.10. The van der Waals surface area contributed by atoms with Crippen LogP contribution in [-0.2, 0) is 9.84 Å². The van der Waals surface area contributed by atoms with Crippen LogP contribution in [0, 0.1) is 11.8 Å². The molecule has 112 valence electrons. The summed E-state index contributed by atoms with van der Waals surface area (Å²) in [5.74, 6) is 4.66. The quantitative estimate of drug-likeness (QED) is 0.733. The fourth-order valence-corrected chi connectivity index (χ4v) is 4.36. The molecule has 1 aromatic rings. The fourth-order valence-electron chi connectivity index (χ4n) is 2.26. The second kappa shape index (κ2) is 5.84. The zero-order valence-corrected chi connectivity index (χ0v) is 12.4. The molecule has 0 radical (unpaired) electrons. The van der Waals surface area contributed by atoms with E-state index in [0.29, 0.717) is 12.0 Å². The van der Waals surface area contributed by atoms with Crippen molar-refractivity contribution in [3.05, 3.63) is 29.6 Å². The number of hydrogen-bond donors (Lipinski definition) is 2. The van der Waals surface area contributed by atoms with Crippen LogP contribution in [0.1, 0.15) is 29.4 Å². The Balaban J connectivity index is 2.22. The molecular formula is C14H16N2O4S.